The Morgan fingerprint density at radius 1 is 0.824 bits per heavy atom. The van der Waals surface area contributed by atoms with Crippen LogP contribution in [0, 0.1) is 0 Å². The van der Waals surface area contributed by atoms with E-state index < -0.39 is 0 Å². The van der Waals surface area contributed by atoms with Crippen LogP contribution in [0.25, 0.3) is 0 Å². The second kappa shape index (κ2) is 5.65. The van der Waals surface area contributed by atoms with Gasteiger partial charge in [0.2, 0.25) is 0 Å². The second-order valence-corrected chi connectivity index (χ2v) is 4.37. The summed E-state index contributed by atoms with van der Waals surface area (Å²) in [7, 11) is 0. The van der Waals surface area contributed by atoms with E-state index in [4.69, 9.17) is 5.73 Å². The van der Waals surface area contributed by atoms with E-state index in [2.05, 4.69) is 55.5 Å². The number of aryl methyl sites for hydroxylation is 1. The Kier molecular flexibility index (Phi) is 3.94. The molecule has 0 aliphatic heterocycles. The molecule has 0 aliphatic carbocycles. The highest BCUT2D eigenvalue weighted by atomic mass is 14.5. The van der Waals surface area contributed by atoms with Crippen LogP contribution in [-0.4, -0.2) is 0 Å². The van der Waals surface area contributed by atoms with Crippen LogP contribution in [0.5, 0.6) is 0 Å². The summed E-state index contributed by atoms with van der Waals surface area (Å²) in [6.07, 6.45) is 2.08. The molecule has 0 saturated carbocycles. The van der Waals surface area contributed by atoms with Crippen LogP contribution in [0.2, 0.25) is 0 Å². The number of benzene rings is 2. The number of hydrogen-bond acceptors (Lipinski definition) is 1. The fourth-order valence-electron chi connectivity index (χ4n) is 2.00. The van der Waals surface area contributed by atoms with E-state index in [1.165, 1.54) is 22.3 Å². The third-order valence-electron chi connectivity index (χ3n) is 3.07. The second-order valence-electron chi connectivity index (χ2n) is 4.37. The van der Waals surface area contributed by atoms with Gasteiger partial charge in [-0.15, -0.1) is 0 Å². The van der Waals surface area contributed by atoms with Crippen molar-refractivity contribution in [3.8, 4) is 0 Å². The lowest BCUT2D eigenvalue weighted by Crippen LogP contribution is -1.97. The van der Waals surface area contributed by atoms with Gasteiger partial charge in [-0.3, -0.25) is 0 Å². The van der Waals surface area contributed by atoms with Crippen molar-refractivity contribution in [1.82, 2.24) is 0 Å². The lowest BCUT2D eigenvalue weighted by molar-refractivity contribution is 1.05. The maximum atomic E-state index is 5.65. The molecule has 0 fully saturated rings. The van der Waals surface area contributed by atoms with Crippen LogP contribution in [0.1, 0.15) is 29.2 Å². The van der Waals surface area contributed by atoms with E-state index in [0.29, 0.717) is 6.54 Å². The number of rotatable bonds is 4. The van der Waals surface area contributed by atoms with Gasteiger partial charge in [0.25, 0.3) is 0 Å². The maximum Gasteiger partial charge on any atom is 0.0178 e. The first kappa shape index (κ1) is 11.9. The van der Waals surface area contributed by atoms with E-state index in [1.807, 2.05) is 0 Å². The third kappa shape index (κ3) is 3.18. The Morgan fingerprint density at radius 2 is 1.47 bits per heavy atom. The molecular formula is C16H19N. The maximum absolute atomic E-state index is 5.65. The summed E-state index contributed by atoms with van der Waals surface area (Å²) >= 11 is 0. The molecule has 2 aromatic carbocycles. The van der Waals surface area contributed by atoms with Crippen molar-refractivity contribution in [2.45, 2.75) is 26.3 Å². The van der Waals surface area contributed by atoms with Crippen LogP contribution in [0.3, 0.4) is 0 Å². The average molecular weight is 225 g/mol. The Balaban J connectivity index is 2.13. The molecule has 2 aromatic rings. The molecule has 2 rings (SSSR count). The molecule has 2 N–H and O–H groups in total. The third-order valence-corrected chi connectivity index (χ3v) is 3.07. The summed E-state index contributed by atoms with van der Waals surface area (Å²) in [4.78, 5) is 0. The van der Waals surface area contributed by atoms with Crippen LogP contribution >= 0.6 is 0 Å². The summed E-state index contributed by atoms with van der Waals surface area (Å²) in [6.45, 7) is 2.79. The molecule has 0 spiro atoms. The molecule has 0 saturated heterocycles. The van der Waals surface area contributed by atoms with E-state index in [0.717, 1.165) is 12.8 Å². The van der Waals surface area contributed by atoms with E-state index in [1.54, 1.807) is 0 Å². The van der Waals surface area contributed by atoms with E-state index in [9.17, 15) is 0 Å². The molecule has 0 atom stereocenters. The van der Waals surface area contributed by atoms with Gasteiger partial charge in [-0.2, -0.15) is 0 Å². The fourth-order valence-corrected chi connectivity index (χ4v) is 2.00. The Hall–Kier alpha value is -1.60. The normalized spacial score (nSPS) is 10.5. The quantitative estimate of drug-likeness (QED) is 0.849. The van der Waals surface area contributed by atoms with Crippen LogP contribution < -0.4 is 5.73 Å². The molecular weight excluding hydrogens is 206 g/mol. The van der Waals surface area contributed by atoms with Crippen molar-refractivity contribution in [2.75, 3.05) is 0 Å². The first-order valence-corrected chi connectivity index (χ1v) is 6.17. The molecule has 0 unspecified atom stereocenters. The molecule has 17 heavy (non-hydrogen) atoms. The standard InChI is InChI=1S/C16H19N/c1-2-13-6-8-14(9-7-13)10-15-4-3-5-16(11-15)12-17/h3-9,11H,2,10,12,17H2,1H3. The van der Waals surface area contributed by atoms with Gasteiger partial charge in [-0.1, -0.05) is 55.5 Å². The lowest BCUT2D eigenvalue weighted by Gasteiger charge is -2.05. The fraction of sp³-hybridized carbons (Fsp3) is 0.250. The minimum Gasteiger partial charge on any atom is -0.326 e. The van der Waals surface area contributed by atoms with Crippen molar-refractivity contribution in [3.63, 3.8) is 0 Å². The predicted molar refractivity (Wildman–Crippen MR) is 73.0 cm³/mol. The van der Waals surface area contributed by atoms with Gasteiger partial charge < -0.3 is 5.73 Å². The average Bonchev–Trinajstić information content (AvgIpc) is 2.40. The summed E-state index contributed by atoms with van der Waals surface area (Å²) in [5.41, 5.74) is 10.9. The van der Waals surface area contributed by atoms with Crippen molar-refractivity contribution < 1.29 is 0 Å². The highest BCUT2D eigenvalue weighted by Crippen LogP contribution is 2.12. The minimum absolute atomic E-state index is 0.614. The zero-order valence-corrected chi connectivity index (χ0v) is 10.3. The zero-order valence-electron chi connectivity index (χ0n) is 10.3. The zero-order chi connectivity index (χ0) is 12.1. The molecule has 1 nitrogen and oxygen atoms in total. The van der Waals surface area contributed by atoms with Crippen LogP contribution in [0.15, 0.2) is 48.5 Å². The van der Waals surface area contributed by atoms with Gasteiger partial charge in [0, 0.05) is 6.54 Å². The SMILES string of the molecule is CCc1ccc(Cc2cccc(CN)c2)cc1. The molecule has 0 radical (unpaired) electrons. The van der Waals surface area contributed by atoms with Gasteiger partial charge in [0.05, 0.1) is 0 Å². The molecule has 0 heterocycles. The smallest absolute Gasteiger partial charge is 0.0178 e. The first-order chi connectivity index (χ1) is 8.31. The lowest BCUT2D eigenvalue weighted by atomic mass is 10.0. The van der Waals surface area contributed by atoms with E-state index >= 15 is 0 Å². The predicted octanol–water partition coefficient (Wildman–Crippen LogP) is 3.30. The Labute approximate surface area is 103 Å². The molecule has 88 valence electrons. The summed E-state index contributed by atoms with van der Waals surface area (Å²) < 4.78 is 0. The Morgan fingerprint density at radius 3 is 2.12 bits per heavy atom. The van der Waals surface area contributed by atoms with Gasteiger partial charge in [0.1, 0.15) is 0 Å². The largest absolute Gasteiger partial charge is 0.326 e. The van der Waals surface area contributed by atoms with Crippen LogP contribution in [0.4, 0.5) is 0 Å². The highest BCUT2D eigenvalue weighted by molar-refractivity contribution is 5.31. The van der Waals surface area contributed by atoms with Crippen molar-refractivity contribution in [1.29, 1.82) is 0 Å². The van der Waals surface area contributed by atoms with Crippen molar-refractivity contribution >= 4 is 0 Å². The van der Waals surface area contributed by atoms with Crippen molar-refractivity contribution in [2.24, 2.45) is 5.73 Å². The number of hydrogen-bond donors (Lipinski definition) is 1. The monoisotopic (exact) mass is 225 g/mol. The summed E-state index contributed by atoms with van der Waals surface area (Å²) in [5, 5.41) is 0. The van der Waals surface area contributed by atoms with Gasteiger partial charge >= 0.3 is 0 Å². The number of nitrogens with two attached hydrogens (primary N) is 1. The molecule has 1 heteroatoms. The van der Waals surface area contributed by atoms with Gasteiger partial charge in [-0.25, -0.2) is 0 Å². The first-order valence-electron chi connectivity index (χ1n) is 6.17. The molecule has 0 aliphatic rings. The van der Waals surface area contributed by atoms with Crippen LogP contribution in [-0.2, 0) is 19.4 Å². The van der Waals surface area contributed by atoms with Gasteiger partial charge in [-0.05, 0) is 35.1 Å². The molecule has 0 amide bonds. The topological polar surface area (TPSA) is 26.0 Å². The molecule has 0 bridgehead atoms. The van der Waals surface area contributed by atoms with E-state index in [-0.39, 0.29) is 0 Å². The summed E-state index contributed by atoms with van der Waals surface area (Å²) in [6, 6.07) is 17.4. The highest BCUT2D eigenvalue weighted by Gasteiger charge is 1.98. The molecule has 0 aromatic heterocycles. The van der Waals surface area contributed by atoms with Crippen molar-refractivity contribution in [3.05, 3.63) is 70.8 Å². The minimum atomic E-state index is 0.614. The van der Waals surface area contributed by atoms with Gasteiger partial charge in [0.15, 0.2) is 0 Å². The Bertz CT molecular complexity index is 471. The summed E-state index contributed by atoms with van der Waals surface area (Å²) in [5.74, 6) is 0.